The molecule has 2 aromatic carbocycles. The van der Waals surface area contributed by atoms with Crippen molar-refractivity contribution < 1.29 is 9.18 Å². The number of benzene rings is 2. The van der Waals surface area contributed by atoms with E-state index < -0.39 is 5.82 Å². The van der Waals surface area contributed by atoms with Gasteiger partial charge in [0, 0.05) is 16.6 Å². The van der Waals surface area contributed by atoms with Gasteiger partial charge in [0.25, 0.3) is 5.91 Å². The molecule has 21 heavy (non-hydrogen) atoms. The minimum Gasteiger partial charge on any atom is -0.321 e. The lowest BCUT2D eigenvalue weighted by Crippen LogP contribution is -2.12. The van der Waals surface area contributed by atoms with E-state index in [2.05, 4.69) is 10.3 Å². The third kappa shape index (κ3) is 2.74. The number of amides is 1. The van der Waals surface area contributed by atoms with Crippen LogP contribution in [0.4, 0.5) is 10.1 Å². The normalized spacial score (nSPS) is 10.6. The molecule has 0 saturated heterocycles. The highest BCUT2D eigenvalue weighted by atomic mass is 19.1. The highest BCUT2D eigenvalue weighted by Gasteiger charge is 2.09. The van der Waals surface area contributed by atoms with Crippen molar-refractivity contribution in [3.8, 4) is 0 Å². The highest BCUT2D eigenvalue weighted by molar-refractivity contribution is 6.08. The molecule has 0 aliphatic heterocycles. The maximum Gasteiger partial charge on any atom is 0.255 e. The maximum absolute atomic E-state index is 13.2. The average molecular weight is 280 g/mol. The number of pyridine rings is 1. The Labute approximate surface area is 121 Å². The molecule has 0 unspecified atom stereocenters. The van der Waals surface area contributed by atoms with Crippen LogP contribution >= 0.6 is 0 Å². The number of halogens is 1. The Bertz CT molecular complexity index is 830. The summed E-state index contributed by atoms with van der Waals surface area (Å²) in [6.45, 7) is 1.91. The van der Waals surface area contributed by atoms with Crippen LogP contribution in [0, 0.1) is 12.7 Å². The summed E-state index contributed by atoms with van der Waals surface area (Å²) in [4.78, 5) is 16.6. The first-order chi connectivity index (χ1) is 10.1. The quantitative estimate of drug-likeness (QED) is 0.772. The first kappa shape index (κ1) is 13.2. The number of nitrogens with zero attached hydrogens (tertiary/aromatic N) is 1. The molecule has 0 aliphatic rings. The number of hydrogen-bond donors (Lipinski definition) is 1. The molecule has 4 heteroatoms. The number of rotatable bonds is 2. The van der Waals surface area contributed by atoms with Crippen LogP contribution < -0.4 is 5.32 Å². The second-order valence-electron chi connectivity index (χ2n) is 4.79. The number of aromatic nitrogens is 1. The number of nitrogens with one attached hydrogen (secondary N) is 1. The van der Waals surface area contributed by atoms with E-state index in [4.69, 9.17) is 0 Å². The van der Waals surface area contributed by atoms with Crippen LogP contribution in [-0.2, 0) is 0 Å². The molecule has 0 bridgehead atoms. The summed E-state index contributed by atoms with van der Waals surface area (Å²) in [5.41, 5.74) is 2.67. The van der Waals surface area contributed by atoms with Gasteiger partial charge in [-0.3, -0.25) is 9.78 Å². The molecule has 1 aromatic heterocycles. The monoisotopic (exact) mass is 280 g/mol. The molecule has 104 valence electrons. The summed E-state index contributed by atoms with van der Waals surface area (Å²) in [6.07, 6.45) is 0. The third-order valence-corrected chi connectivity index (χ3v) is 3.21. The molecule has 3 nitrogen and oxygen atoms in total. The maximum atomic E-state index is 13.2. The van der Waals surface area contributed by atoms with Crippen molar-refractivity contribution in [2.45, 2.75) is 6.92 Å². The van der Waals surface area contributed by atoms with Gasteiger partial charge in [0.2, 0.25) is 0 Å². The number of carbonyl (C=O) groups is 1. The molecule has 0 radical (unpaired) electrons. The fraction of sp³-hybridized carbons (Fsp3) is 0.0588. The van der Waals surface area contributed by atoms with Crippen molar-refractivity contribution in [1.29, 1.82) is 0 Å². The summed E-state index contributed by atoms with van der Waals surface area (Å²) in [6, 6.07) is 14.9. The van der Waals surface area contributed by atoms with Crippen LogP contribution in [0.25, 0.3) is 10.9 Å². The van der Waals surface area contributed by atoms with E-state index in [0.29, 0.717) is 5.69 Å². The van der Waals surface area contributed by atoms with Gasteiger partial charge in [0.1, 0.15) is 5.82 Å². The number of anilines is 1. The van der Waals surface area contributed by atoms with Gasteiger partial charge in [-0.15, -0.1) is 0 Å². The van der Waals surface area contributed by atoms with E-state index in [9.17, 15) is 9.18 Å². The first-order valence-electron chi connectivity index (χ1n) is 6.57. The van der Waals surface area contributed by atoms with Gasteiger partial charge >= 0.3 is 0 Å². The minimum atomic E-state index is -0.433. The molecule has 0 spiro atoms. The van der Waals surface area contributed by atoms with Gasteiger partial charge < -0.3 is 5.32 Å². The smallest absolute Gasteiger partial charge is 0.255 e. The second-order valence-corrected chi connectivity index (χ2v) is 4.79. The lowest BCUT2D eigenvalue weighted by atomic mass is 10.1. The Morgan fingerprint density at radius 2 is 1.90 bits per heavy atom. The molecule has 0 saturated carbocycles. The summed E-state index contributed by atoms with van der Waals surface area (Å²) in [5, 5.41) is 3.66. The van der Waals surface area contributed by atoms with Gasteiger partial charge in [-0.1, -0.05) is 12.1 Å². The fourth-order valence-corrected chi connectivity index (χ4v) is 2.19. The summed E-state index contributed by atoms with van der Waals surface area (Å²) < 4.78 is 13.2. The van der Waals surface area contributed by atoms with Crippen LogP contribution in [0.1, 0.15) is 16.1 Å². The van der Waals surface area contributed by atoms with Crippen molar-refractivity contribution in [3.63, 3.8) is 0 Å². The number of carbonyl (C=O) groups excluding carboxylic acids is 1. The molecule has 1 heterocycles. The predicted molar refractivity (Wildman–Crippen MR) is 80.8 cm³/mol. The van der Waals surface area contributed by atoms with Crippen molar-refractivity contribution in [3.05, 3.63) is 71.7 Å². The van der Waals surface area contributed by atoms with Crippen LogP contribution in [-0.4, -0.2) is 10.9 Å². The average Bonchev–Trinajstić information content (AvgIpc) is 2.47. The lowest BCUT2D eigenvalue weighted by Gasteiger charge is -2.09. The van der Waals surface area contributed by atoms with Crippen molar-refractivity contribution in [1.82, 2.24) is 4.98 Å². The predicted octanol–water partition coefficient (Wildman–Crippen LogP) is 3.93. The SMILES string of the molecule is Cc1ccc2c(NC(=O)c3cccc(F)c3)cccc2n1. The number of fused-ring (bicyclic) bond motifs is 1. The summed E-state index contributed by atoms with van der Waals surface area (Å²) in [7, 11) is 0. The van der Waals surface area contributed by atoms with E-state index >= 15 is 0 Å². The zero-order valence-corrected chi connectivity index (χ0v) is 11.4. The molecule has 1 amide bonds. The van der Waals surface area contributed by atoms with Gasteiger partial charge in [-0.2, -0.15) is 0 Å². The van der Waals surface area contributed by atoms with Gasteiger partial charge in [-0.25, -0.2) is 4.39 Å². The van der Waals surface area contributed by atoms with E-state index in [1.54, 1.807) is 12.1 Å². The fourth-order valence-electron chi connectivity index (χ4n) is 2.19. The summed E-state index contributed by atoms with van der Waals surface area (Å²) >= 11 is 0. The van der Waals surface area contributed by atoms with E-state index in [1.165, 1.54) is 18.2 Å². The van der Waals surface area contributed by atoms with Crippen molar-refractivity contribution >= 4 is 22.5 Å². The highest BCUT2D eigenvalue weighted by Crippen LogP contribution is 2.22. The van der Waals surface area contributed by atoms with E-state index in [1.807, 2.05) is 31.2 Å². The lowest BCUT2D eigenvalue weighted by molar-refractivity contribution is 0.102. The number of aryl methyl sites for hydroxylation is 1. The molecular weight excluding hydrogens is 267 g/mol. The third-order valence-electron chi connectivity index (χ3n) is 3.21. The molecule has 1 N–H and O–H groups in total. The van der Waals surface area contributed by atoms with Gasteiger partial charge in [-0.05, 0) is 49.4 Å². The summed E-state index contributed by atoms with van der Waals surface area (Å²) in [5.74, 6) is -0.777. The standard InChI is InChI=1S/C17H13FN2O/c1-11-8-9-14-15(19-11)6-3-7-16(14)20-17(21)12-4-2-5-13(18)10-12/h2-10H,1H3,(H,20,21). The van der Waals surface area contributed by atoms with Crippen LogP contribution in [0.2, 0.25) is 0 Å². The molecule has 0 atom stereocenters. The molecule has 3 aromatic rings. The Morgan fingerprint density at radius 3 is 2.71 bits per heavy atom. The number of hydrogen-bond acceptors (Lipinski definition) is 2. The molecule has 0 fully saturated rings. The second kappa shape index (κ2) is 5.32. The van der Waals surface area contributed by atoms with Crippen LogP contribution in [0.5, 0.6) is 0 Å². The van der Waals surface area contributed by atoms with Crippen molar-refractivity contribution in [2.24, 2.45) is 0 Å². The van der Waals surface area contributed by atoms with Gasteiger partial charge in [0.05, 0.1) is 11.2 Å². The zero-order valence-electron chi connectivity index (χ0n) is 11.4. The molecule has 3 rings (SSSR count). The Kier molecular flexibility index (Phi) is 3.36. The Balaban J connectivity index is 1.96. The molecule has 0 aliphatic carbocycles. The molecular formula is C17H13FN2O. The van der Waals surface area contributed by atoms with E-state index in [-0.39, 0.29) is 11.5 Å². The largest absolute Gasteiger partial charge is 0.321 e. The minimum absolute atomic E-state index is 0.284. The topological polar surface area (TPSA) is 42.0 Å². The zero-order chi connectivity index (χ0) is 14.8. The first-order valence-corrected chi connectivity index (χ1v) is 6.57. The van der Waals surface area contributed by atoms with Crippen LogP contribution in [0.15, 0.2) is 54.6 Å². The Morgan fingerprint density at radius 1 is 1.10 bits per heavy atom. The van der Waals surface area contributed by atoms with Crippen LogP contribution in [0.3, 0.4) is 0 Å². The Hall–Kier alpha value is -2.75. The van der Waals surface area contributed by atoms with Crippen molar-refractivity contribution in [2.75, 3.05) is 5.32 Å². The van der Waals surface area contributed by atoms with E-state index in [0.717, 1.165) is 16.6 Å². The van der Waals surface area contributed by atoms with Gasteiger partial charge in [0.15, 0.2) is 0 Å².